The summed E-state index contributed by atoms with van der Waals surface area (Å²) in [5, 5.41) is 10.0. The van der Waals surface area contributed by atoms with Crippen LogP contribution in [0, 0.1) is 10.8 Å². The summed E-state index contributed by atoms with van der Waals surface area (Å²) in [7, 11) is 0. The molecule has 0 saturated heterocycles. The first-order valence-corrected chi connectivity index (χ1v) is 5.84. The molecule has 1 nitrogen and oxygen atoms in total. The largest absolute Gasteiger partial charge is 0.390 e. The van der Waals surface area contributed by atoms with E-state index < -0.39 is 5.60 Å². The Labute approximate surface area is 89.9 Å². The number of hydrogen-bond donors (Lipinski definition) is 1. The predicted octanol–water partition coefficient (Wildman–Crippen LogP) is 4.00. The van der Waals surface area contributed by atoms with E-state index in [-0.39, 0.29) is 0 Å². The van der Waals surface area contributed by atoms with Gasteiger partial charge in [0.25, 0.3) is 0 Å². The average Bonchev–Trinajstić information content (AvgIpc) is 1.79. The first-order valence-electron chi connectivity index (χ1n) is 5.84. The molecule has 1 fully saturated rings. The Hall–Kier alpha value is -0.0400. The van der Waals surface area contributed by atoms with Crippen molar-refractivity contribution < 1.29 is 5.11 Å². The first kappa shape index (κ1) is 14.0. The fourth-order valence-corrected chi connectivity index (χ4v) is 3.54. The van der Waals surface area contributed by atoms with Crippen LogP contribution in [-0.2, 0) is 0 Å². The maximum absolute atomic E-state index is 10.0. The zero-order valence-corrected chi connectivity index (χ0v) is 11.1. The molecule has 86 valence electrons. The molecule has 0 bridgehead atoms. The van der Waals surface area contributed by atoms with Gasteiger partial charge in [0.2, 0.25) is 0 Å². The van der Waals surface area contributed by atoms with Crippen molar-refractivity contribution in [2.75, 3.05) is 0 Å². The Kier molecular flexibility index (Phi) is 4.21. The third-order valence-electron chi connectivity index (χ3n) is 2.68. The van der Waals surface area contributed by atoms with Crippen molar-refractivity contribution in [3.8, 4) is 0 Å². The fraction of sp³-hybridized carbons (Fsp3) is 1.00. The van der Waals surface area contributed by atoms with Crippen LogP contribution in [0.2, 0.25) is 0 Å². The van der Waals surface area contributed by atoms with Crippen molar-refractivity contribution in [1.82, 2.24) is 0 Å². The van der Waals surface area contributed by atoms with Crippen LogP contribution in [0.1, 0.15) is 67.7 Å². The molecular weight excluding hydrogens is 172 g/mol. The molecular formula is C13H28O. The van der Waals surface area contributed by atoms with E-state index in [0.717, 1.165) is 12.8 Å². The molecule has 14 heavy (non-hydrogen) atoms. The normalized spacial score (nSPS) is 27.4. The average molecular weight is 200 g/mol. The smallest absolute Gasteiger partial charge is 0.0630 e. The van der Waals surface area contributed by atoms with Gasteiger partial charge in [-0.15, -0.1) is 0 Å². The zero-order valence-electron chi connectivity index (χ0n) is 11.1. The predicted molar refractivity (Wildman–Crippen MR) is 63.4 cm³/mol. The summed E-state index contributed by atoms with van der Waals surface area (Å²) in [6, 6.07) is 0. The monoisotopic (exact) mass is 200 g/mol. The summed E-state index contributed by atoms with van der Waals surface area (Å²) in [5.74, 6) is 0. The standard InChI is InChI=1S/C11H22O.C2H6/c1-9(2)6-10(3,4)8-11(5,12)7-9;1-2/h12H,6-8H2,1-5H3;1-2H3. The quantitative estimate of drug-likeness (QED) is 0.626. The molecule has 1 saturated carbocycles. The molecule has 0 amide bonds. The Morgan fingerprint density at radius 2 is 1.00 bits per heavy atom. The van der Waals surface area contributed by atoms with Gasteiger partial charge in [0, 0.05) is 0 Å². The maximum atomic E-state index is 10.0. The molecule has 0 aromatic carbocycles. The van der Waals surface area contributed by atoms with Crippen molar-refractivity contribution >= 4 is 0 Å². The lowest BCUT2D eigenvalue weighted by Crippen LogP contribution is -2.43. The Balaban J connectivity index is 0.000000791. The minimum absolute atomic E-state index is 0.297. The zero-order chi connectivity index (χ0) is 11.6. The summed E-state index contributed by atoms with van der Waals surface area (Å²) in [6.45, 7) is 15.0. The highest BCUT2D eigenvalue weighted by Gasteiger charge is 2.43. The first-order chi connectivity index (χ1) is 6.12. The van der Waals surface area contributed by atoms with Gasteiger partial charge in [0.05, 0.1) is 5.60 Å². The van der Waals surface area contributed by atoms with Crippen molar-refractivity contribution in [2.24, 2.45) is 10.8 Å². The van der Waals surface area contributed by atoms with Crippen molar-refractivity contribution in [2.45, 2.75) is 73.3 Å². The molecule has 1 N–H and O–H groups in total. The second-order valence-electron chi connectivity index (χ2n) is 6.36. The minimum atomic E-state index is -0.453. The molecule has 0 aromatic heterocycles. The summed E-state index contributed by atoms with van der Waals surface area (Å²) < 4.78 is 0. The van der Waals surface area contributed by atoms with E-state index in [9.17, 15) is 5.11 Å². The lowest BCUT2D eigenvalue weighted by Gasteiger charge is -2.48. The lowest BCUT2D eigenvalue weighted by molar-refractivity contribution is -0.0729. The van der Waals surface area contributed by atoms with Gasteiger partial charge in [-0.2, -0.15) is 0 Å². The summed E-state index contributed by atoms with van der Waals surface area (Å²) in [4.78, 5) is 0. The molecule has 0 aromatic rings. The molecule has 0 atom stereocenters. The van der Waals surface area contributed by atoms with Crippen LogP contribution in [0.4, 0.5) is 0 Å². The van der Waals surface area contributed by atoms with Crippen LogP contribution in [-0.4, -0.2) is 10.7 Å². The summed E-state index contributed by atoms with van der Waals surface area (Å²) in [6.07, 6.45) is 3.09. The summed E-state index contributed by atoms with van der Waals surface area (Å²) >= 11 is 0. The number of aliphatic hydroxyl groups is 1. The van der Waals surface area contributed by atoms with Crippen LogP contribution >= 0.6 is 0 Å². The second kappa shape index (κ2) is 4.22. The topological polar surface area (TPSA) is 20.2 Å². The van der Waals surface area contributed by atoms with Crippen LogP contribution in [0.25, 0.3) is 0 Å². The van der Waals surface area contributed by atoms with Crippen LogP contribution in [0.15, 0.2) is 0 Å². The molecule has 0 spiro atoms. The lowest BCUT2D eigenvalue weighted by atomic mass is 9.60. The molecule has 1 aliphatic carbocycles. The maximum Gasteiger partial charge on any atom is 0.0630 e. The number of hydrogen-bond acceptors (Lipinski definition) is 1. The van der Waals surface area contributed by atoms with E-state index in [1.165, 1.54) is 6.42 Å². The van der Waals surface area contributed by atoms with E-state index in [0.29, 0.717) is 10.8 Å². The van der Waals surface area contributed by atoms with E-state index >= 15 is 0 Å². The van der Waals surface area contributed by atoms with Gasteiger partial charge < -0.3 is 5.11 Å². The second-order valence-corrected chi connectivity index (χ2v) is 6.36. The minimum Gasteiger partial charge on any atom is -0.390 e. The highest BCUT2D eigenvalue weighted by atomic mass is 16.3. The number of rotatable bonds is 0. The molecule has 1 aliphatic rings. The van der Waals surface area contributed by atoms with Crippen LogP contribution in [0.3, 0.4) is 0 Å². The van der Waals surface area contributed by atoms with Crippen molar-refractivity contribution in [3.05, 3.63) is 0 Å². The summed E-state index contributed by atoms with van der Waals surface area (Å²) in [5.41, 5.74) is 0.141. The molecule has 1 heteroatoms. The molecule has 1 rings (SSSR count). The fourth-order valence-electron chi connectivity index (χ4n) is 3.54. The van der Waals surface area contributed by atoms with Crippen LogP contribution < -0.4 is 0 Å². The Morgan fingerprint density at radius 3 is 1.21 bits per heavy atom. The molecule has 0 aliphatic heterocycles. The molecule has 0 unspecified atom stereocenters. The highest BCUT2D eigenvalue weighted by Crippen LogP contribution is 2.49. The van der Waals surface area contributed by atoms with E-state index in [4.69, 9.17) is 0 Å². The van der Waals surface area contributed by atoms with Crippen molar-refractivity contribution in [1.29, 1.82) is 0 Å². The van der Waals surface area contributed by atoms with Crippen LogP contribution in [0.5, 0.6) is 0 Å². The Bertz CT molecular complexity index is 132. The van der Waals surface area contributed by atoms with Gasteiger partial charge in [-0.05, 0) is 37.0 Å². The van der Waals surface area contributed by atoms with Gasteiger partial charge in [0.1, 0.15) is 0 Å². The van der Waals surface area contributed by atoms with Crippen molar-refractivity contribution in [3.63, 3.8) is 0 Å². The van der Waals surface area contributed by atoms with Gasteiger partial charge in [0.15, 0.2) is 0 Å². The van der Waals surface area contributed by atoms with Gasteiger partial charge in [-0.3, -0.25) is 0 Å². The van der Waals surface area contributed by atoms with E-state index in [1.54, 1.807) is 0 Å². The SMILES string of the molecule is CC.CC1(C)CC(C)(C)CC(C)(O)C1. The third-order valence-corrected chi connectivity index (χ3v) is 2.68. The van der Waals surface area contributed by atoms with Gasteiger partial charge in [-0.25, -0.2) is 0 Å². The van der Waals surface area contributed by atoms with E-state index in [1.807, 2.05) is 20.8 Å². The third kappa shape index (κ3) is 4.45. The van der Waals surface area contributed by atoms with Gasteiger partial charge >= 0.3 is 0 Å². The Morgan fingerprint density at radius 1 is 0.714 bits per heavy atom. The molecule has 0 radical (unpaired) electrons. The van der Waals surface area contributed by atoms with E-state index in [2.05, 4.69) is 27.7 Å². The molecule has 0 heterocycles. The highest BCUT2D eigenvalue weighted by molar-refractivity contribution is 4.95. The van der Waals surface area contributed by atoms with Gasteiger partial charge in [-0.1, -0.05) is 41.5 Å².